The van der Waals surface area contributed by atoms with Crippen LogP contribution in [0.25, 0.3) is 10.9 Å². The maximum Gasteiger partial charge on any atom is 0.316 e. The van der Waals surface area contributed by atoms with E-state index in [0.717, 1.165) is 22.3 Å². The molecule has 0 aliphatic carbocycles. The highest BCUT2D eigenvalue weighted by Gasteiger charge is 2.24. The van der Waals surface area contributed by atoms with Gasteiger partial charge in [-0.1, -0.05) is 24.3 Å². The third-order valence-corrected chi connectivity index (χ3v) is 5.88. The highest BCUT2D eigenvalue weighted by molar-refractivity contribution is 7.99. The summed E-state index contributed by atoms with van der Waals surface area (Å²) in [5, 5.41) is 2.87. The third kappa shape index (κ3) is 4.14. The molecule has 0 radical (unpaired) electrons. The number of carbonyl (C=O) groups excluding carboxylic acids is 2. The number of ketones is 1. The second-order valence-corrected chi connectivity index (χ2v) is 7.76. The number of ether oxygens (including phenoxy) is 1. The van der Waals surface area contributed by atoms with Gasteiger partial charge in [-0.2, -0.15) is 0 Å². The maximum absolute atomic E-state index is 12.7. The van der Waals surface area contributed by atoms with Gasteiger partial charge in [0.15, 0.2) is 6.10 Å². The lowest BCUT2D eigenvalue weighted by molar-refractivity contribution is -0.143. The fraction of sp³-hybridized carbons (Fsp3) is 0.263. The number of aryl methyl sites for hydroxylation is 1. The SMILES string of the molecule is Cc1[nH]c2ccccc2c1C(=O)[C@H](C)OC(=O)CSCc1cccs1. The van der Waals surface area contributed by atoms with Crippen molar-refractivity contribution >= 4 is 45.8 Å². The van der Waals surface area contributed by atoms with Crippen LogP contribution in [0.3, 0.4) is 0 Å². The number of carbonyl (C=O) groups is 2. The summed E-state index contributed by atoms with van der Waals surface area (Å²) in [6.45, 7) is 3.49. The van der Waals surface area contributed by atoms with E-state index < -0.39 is 6.10 Å². The van der Waals surface area contributed by atoms with Crippen molar-refractivity contribution in [3.05, 3.63) is 57.9 Å². The number of esters is 1. The Morgan fingerprint density at radius 3 is 2.80 bits per heavy atom. The van der Waals surface area contributed by atoms with Gasteiger partial charge in [0.25, 0.3) is 0 Å². The van der Waals surface area contributed by atoms with Crippen molar-refractivity contribution in [3.8, 4) is 0 Å². The summed E-state index contributed by atoms with van der Waals surface area (Å²) in [5.74, 6) is 0.477. The van der Waals surface area contributed by atoms with Gasteiger partial charge in [0.2, 0.25) is 5.78 Å². The zero-order valence-corrected chi connectivity index (χ0v) is 15.7. The van der Waals surface area contributed by atoms with Crippen LogP contribution in [0.15, 0.2) is 41.8 Å². The Hall–Kier alpha value is -2.05. The first kappa shape index (κ1) is 17.8. The zero-order chi connectivity index (χ0) is 17.8. The van der Waals surface area contributed by atoms with E-state index in [1.54, 1.807) is 18.3 Å². The number of thioether (sulfide) groups is 1. The molecule has 0 spiro atoms. The molecule has 1 atom stereocenters. The first-order valence-corrected chi connectivity index (χ1v) is 10.0. The number of benzene rings is 1. The molecule has 130 valence electrons. The second kappa shape index (κ2) is 7.89. The standard InChI is InChI=1S/C19H19NO3S2/c1-12-18(15-7-3-4-8-16(15)20-12)19(22)13(2)23-17(21)11-24-10-14-6-5-9-25-14/h3-9,13,20H,10-11H2,1-2H3/t13-/m0/s1. The summed E-state index contributed by atoms with van der Waals surface area (Å²) in [6.07, 6.45) is -0.798. The van der Waals surface area contributed by atoms with Crippen molar-refractivity contribution in [1.82, 2.24) is 4.98 Å². The van der Waals surface area contributed by atoms with E-state index in [1.807, 2.05) is 48.7 Å². The minimum absolute atomic E-state index is 0.174. The monoisotopic (exact) mass is 373 g/mol. The Labute approximate surface area is 154 Å². The lowest BCUT2D eigenvalue weighted by atomic mass is 10.0. The van der Waals surface area contributed by atoms with E-state index in [4.69, 9.17) is 4.74 Å². The molecule has 1 N–H and O–H groups in total. The number of para-hydroxylation sites is 1. The number of Topliss-reactive ketones (excluding diaryl/α,β-unsaturated/α-hetero) is 1. The Morgan fingerprint density at radius 2 is 2.04 bits per heavy atom. The number of hydrogen-bond acceptors (Lipinski definition) is 5. The zero-order valence-electron chi connectivity index (χ0n) is 14.1. The first-order valence-electron chi connectivity index (χ1n) is 7.97. The van der Waals surface area contributed by atoms with Crippen molar-refractivity contribution in [2.75, 3.05) is 5.75 Å². The Balaban J connectivity index is 1.60. The highest BCUT2D eigenvalue weighted by atomic mass is 32.2. The van der Waals surface area contributed by atoms with Gasteiger partial charge in [0.1, 0.15) is 0 Å². The fourth-order valence-electron chi connectivity index (χ4n) is 2.71. The van der Waals surface area contributed by atoms with E-state index in [2.05, 4.69) is 4.98 Å². The number of hydrogen-bond donors (Lipinski definition) is 1. The molecule has 0 saturated carbocycles. The lowest BCUT2D eigenvalue weighted by Gasteiger charge is -2.12. The molecular formula is C19H19NO3S2. The number of thiophene rings is 1. The molecule has 0 amide bonds. The normalized spacial score (nSPS) is 12.2. The molecule has 3 rings (SSSR count). The summed E-state index contributed by atoms with van der Waals surface area (Å²) in [4.78, 5) is 29.2. The van der Waals surface area contributed by atoms with Crippen LogP contribution in [-0.4, -0.2) is 28.6 Å². The lowest BCUT2D eigenvalue weighted by Crippen LogP contribution is -2.25. The molecule has 3 aromatic rings. The van der Waals surface area contributed by atoms with Gasteiger partial charge in [0, 0.05) is 32.8 Å². The summed E-state index contributed by atoms with van der Waals surface area (Å²) < 4.78 is 5.34. The quantitative estimate of drug-likeness (QED) is 0.486. The molecule has 25 heavy (non-hydrogen) atoms. The molecule has 0 fully saturated rings. The molecule has 2 aromatic heterocycles. The number of rotatable bonds is 7. The largest absolute Gasteiger partial charge is 0.454 e. The fourth-order valence-corrected chi connectivity index (χ4v) is 4.36. The molecule has 6 heteroatoms. The van der Waals surface area contributed by atoms with Crippen molar-refractivity contribution in [1.29, 1.82) is 0 Å². The summed E-state index contributed by atoms with van der Waals surface area (Å²) in [5.41, 5.74) is 2.30. The topological polar surface area (TPSA) is 59.2 Å². The van der Waals surface area contributed by atoms with E-state index in [9.17, 15) is 9.59 Å². The van der Waals surface area contributed by atoms with Gasteiger partial charge in [-0.3, -0.25) is 9.59 Å². The Bertz CT molecular complexity index is 883. The van der Waals surface area contributed by atoms with E-state index >= 15 is 0 Å². The van der Waals surface area contributed by atoms with Crippen LogP contribution >= 0.6 is 23.1 Å². The predicted octanol–water partition coefficient (Wildman–Crippen LogP) is 4.59. The number of fused-ring (bicyclic) bond motifs is 1. The Kier molecular flexibility index (Phi) is 5.60. The first-order chi connectivity index (χ1) is 12.1. The molecule has 2 heterocycles. The predicted molar refractivity (Wildman–Crippen MR) is 103 cm³/mol. The number of H-pyrrole nitrogens is 1. The smallest absolute Gasteiger partial charge is 0.316 e. The third-order valence-electron chi connectivity index (χ3n) is 3.86. The molecule has 1 aromatic carbocycles. The molecule has 0 saturated heterocycles. The average Bonchev–Trinajstić information content (AvgIpc) is 3.20. The van der Waals surface area contributed by atoms with Gasteiger partial charge in [0.05, 0.1) is 5.75 Å². The van der Waals surface area contributed by atoms with Gasteiger partial charge in [-0.05, 0) is 31.4 Å². The molecule has 0 unspecified atom stereocenters. The van der Waals surface area contributed by atoms with Gasteiger partial charge in [-0.25, -0.2) is 0 Å². The highest BCUT2D eigenvalue weighted by Crippen LogP contribution is 2.24. The average molecular weight is 373 g/mol. The van der Waals surface area contributed by atoms with Crippen LogP contribution in [0.2, 0.25) is 0 Å². The van der Waals surface area contributed by atoms with Crippen molar-refractivity contribution in [2.45, 2.75) is 25.7 Å². The van der Waals surface area contributed by atoms with Gasteiger partial charge in [-0.15, -0.1) is 23.1 Å². The van der Waals surface area contributed by atoms with Gasteiger partial charge < -0.3 is 9.72 Å². The minimum atomic E-state index is -0.798. The molecule has 4 nitrogen and oxygen atoms in total. The summed E-state index contributed by atoms with van der Waals surface area (Å²) in [6, 6.07) is 11.7. The Morgan fingerprint density at radius 1 is 1.24 bits per heavy atom. The van der Waals surface area contributed by atoms with E-state index in [1.165, 1.54) is 16.6 Å². The van der Waals surface area contributed by atoms with Crippen LogP contribution in [0.5, 0.6) is 0 Å². The summed E-state index contributed by atoms with van der Waals surface area (Å²) in [7, 11) is 0. The number of nitrogens with one attached hydrogen (secondary N) is 1. The number of aromatic nitrogens is 1. The summed E-state index contributed by atoms with van der Waals surface area (Å²) >= 11 is 3.16. The van der Waals surface area contributed by atoms with Crippen molar-refractivity contribution in [3.63, 3.8) is 0 Å². The molecule has 0 aliphatic heterocycles. The van der Waals surface area contributed by atoms with Crippen LogP contribution in [0.1, 0.15) is 27.9 Å². The van der Waals surface area contributed by atoms with Crippen molar-refractivity contribution < 1.29 is 14.3 Å². The van der Waals surface area contributed by atoms with E-state index in [0.29, 0.717) is 5.56 Å². The molecule has 0 aliphatic rings. The van der Waals surface area contributed by atoms with Crippen LogP contribution in [0, 0.1) is 6.92 Å². The minimum Gasteiger partial charge on any atom is -0.454 e. The molecule has 0 bridgehead atoms. The van der Waals surface area contributed by atoms with Crippen LogP contribution < -0.4 is 0 Å². The maximum atomic E-state index is 12.7. The molecular weight excluding hydrogens is 354 g/mol. The number of aromatic amines is 1. The van der Waals surface area contributed by atoms with Crippen molar-refractivity contribution in [2.24, 2.45) is 0 Å². The van der Waals surface area contributed by atoms with Crippen LogP contribution in [0.4, 0.5) is 0 Å². The van der Waals surface area contributed by atoms with Gasteiger partial charge >= 0.3 is 5.97 Å². The van der Waals surface area contributed by atoms with Crippen LogP contribution in [-0.2, 0) is 15.3 Å². The second-order valence-electron chi connectivity index (χ2n) is 5.74. The van der Waals surface area contributed by atoms with E-state index in [-0.39, 0.29) is 17.5 Å².